The van der Waals surface area contributed by atoms with Crippen molar-refractivity contribution in [3.8, 4) is 0 Å². The van der Waals surface area contributed by atoms with Crippen LogP contribution in [0.1, 0.15) is 5.56 Å². The van der Waals surface area contributed by atoms with E-state index in [0.717, 1.165) is 18.2 Å². The van der Waals surface area contributed by atoms with Gasteiger partial charge in [0.1, 0.15) is 6.61 Å². The average Bonchev–Trinajstić information content (AvgIpc) is 2.14. The van der Waals surface area contributed by atoms with Gasteiger partial charge in [-0.15, -0.1) is 0 Å². The van der Waals surface area contributed by atoms with Crippen LogP contribution in [-0.4, -0.2) is 14.7 Å². The lowest BCUT2D eigenvalue weighted by atomic mass is 10.2. The van der Waals surface area contributed by atoms with Gasteiger partial charge in [-0.3, -0.25) is 0 Å². The van der Waals surface area contributed by atoms with Gasteiger partial charge in [-0.05, 0) is 18.2 Å². The summed E-state index contributed by atoms with van der Waals surface area (Å²) in [6.07, 6.45) is 0. The SMILES string of the molecule is C[Si](C)(C)CCO[CH]c1c(Cl)cccc1Cl. The van der Waals surface area contributed by atoms with E-state index in [1.54, 1.807) is 18.7 Å². The summed E-state index contributed by atoms with van der Waals surface area (Å²) in [6.45, 7) is 9.35. The maximum absolute atomic E-state index is 6.01. The van der Waals surface area contributed by atoms with Crippen LogP contribution in [0.15, 0.2) is 18.2 Å². The second-order valence-corrected chi connectivity index (χ2v) is 11.4. The third-order valence-corrected chi connectivity index (χ3v) is 4.53. The summed E-state index contributed by atoms with van der Waals surface area (Å²) in [4.78, 5) is 0. The molecule has 1 aromatic rings. The maximum Gasteiger partial charge on any atom is 0.116 e. The van der Waals surface area contributed by atoms with Gasteiger partial charge in [-0.1, -0.05) is 48.9 Å². The Morgan fingerprint density at radius 3 is 2.25 bits per heavy atom. The van der Waals surface area contributed by atoms with Crippen LogP contribution < -0.4 is 0 Å². The molecule has 0 aromatic heterocycles. The Bertz CT molecular complexity index is 327. The van der Waals surface area contributed by atoms with Crippen molar-refractivity contribution in [1.29, 1.82) is 0 Å². The van der Waals surface area contributed by atoms with Crippen LogP contribution in [0.5, 0.6) is 0 Å². The summed E-state index contributed by atoms with van der Waals surface area (Å²) in [5.74, 6) is 0. The Kier molecular flexibility index (Phi) is 5.32. The Morgan fingerprint density at radius 1 is 1.19 bits per heavy atom. The highest BCUT2D eigenvalue weighted by Crippen LogP contribution is 2.26. The summed E-state index contributed by atoms with van der Waals surface area (Å²) in [5.41, 5.74) is 0.765. The zero-order valence-electron chi connectivity index (χ0n) is 9.89. The number of rotatable bonds is 5. The van der Waals surface area contributed by atoms with Crippen LogP contribution in [0.3, 0.4) is 0 Å². The lowest BCUT2D eigenvalue weighted by Crippen LogP contribution is -2.21. The lowest BCUT2D eigenvalue weighted by Gasteiger charge is -2.15. The van der Waals surface area contributed by atoms with Crippen molar-refractivity contribution in [2.24, 2.45) is 0 Å². The Morgan fingerprint density at radius 2 is 1.75 bits per heavy atom. The monoisotopic (exact) mass is 275 g/mol. The molecule has 0 aliphatic carbocycles. The van der Waals surface area contributed by atoms with Crippen LogP contribution in [0.2, 0.25) is 35.7 Å². The standard InChI is InChI=1S/C12H17Cl2OSi/c1-16(2,3)8-7-15-9-10-11(13)5-4-6-12(10)14/h4-6,9H,7-8H2,1-3H3. The van der Waals surface area contributed by atoms with E-state index < -0.39 is 8.07 Å². The van der Waals surface area contributed by atoms with Crippen LogP contribution in [0, 0.1) is 6.61 Å². The van der Waals surface area contributed by atoms with Crippen molar-refractivity contribution in [2.75, 3.05) is 6.61 Å². The summed E-state index contributed by atoms with van der Waals surface area (Å²) < 4.78 is 5.50. The van der Waals surface area contributed by atoms with Gasteiger partial charge in [0.2, 0.25) is 0 Å². The second-order valence-electron chi connectivity index (χ2n) is 4.93. The number of hydrogen-bond acceptors (Lipinski definition) is 1. The molecule has 0 spiro atoms. The van der Waals surface area contributed by atoms with Gasteiger partial charge in [0.25, 0.3) is 0 Å². The molecule has 89 valence electrons. The van der Waals surface area contributed by atoms with Crippen molar-refractivity contribution in [1.82, 2.24) is 0 Å². The molecule has 4 heteroatoms. The third-order valence-electron chi connectivity index (χ3n) is 2.17. The second kappa shape index (κ2) is 6.06. The molecule has 16 heavy (non-hydrogen) atoms. The first-order valence-corrected chi connectivity index (χ1v) is 9.75. The molecule has 0 saturated heterocycles. The van der Waals surface area contributed by atoms with Crippen molar-refractivity contribution < 1.29 is 4.74 Å². The molecule has 1 aromatic carbocycles. The van der Waals surface area contributed by atoms with Crippen molar-refractivity contribution in [3.63, 3.8) is 0 Å². The fraction of sp³-hybridized carbons (Fsp3) is 0.417. The maximum atomic E-state index is 6.01. The first-order valence-electron chi connectivity index (χ1n) is 5.29. The van der Waals surface area contributed by atoms with E-state index in [-0.39, 0.29) is 0 Å². The molecule has 1 rings (SSSR count). The Balaban J connectivity index is 2.43. The van der Waals surface area contributed by atoms with Crippen molar-refractivity contribution >= 4 is 31.3 Å². The molecule has 0 unspecified atom stereocenters. The smallest absolute Gasteiger partial charge is 0.116 e. The molecular weight excluding hydrogens is 259 g/mol. The molecule has 0 heterocycles. The van der Waals surface area contributed by atoms with Gasteiger partial charge in [0, 0.05) is 30.3 Å². The summed E-state index contributed by atoms with van der Waals surface area (Å²) in [6, 6.07) is 6.57. The number of ether oxygens (including phenoxy) is 1. The number of halogens is 2. The predicted molar refractivity (Wildman–Crippen MR) is 74.0 cm³/mol. The first-order chi connectivity index (χ1) is 7.40. The summed E-state index contributed by atoms with van der Waals surface area (Å²) in [7, 11) is -1.03. The predicted octanol–water partition coefficient (Wildman–Crippen LogP) is 4.86. The molecule has 0 amide bonds. The molecule has 0 fully saturated rings. The third kappa shape index (κ3) is 4.87. The van der Waals surface area contributed by atoms with E-state index in [1.165, 1.54) is 0 Å². The average molecular weight is 276 g/mol. The molecule has 0 N–H and O–H groups in total. The van der Waals surface area contributed by atoms with E-state index in [4.69, 9.17) is 27.9 Å². The Hall–Kier alpha value is -0.0231. The molecule has 1 radical (unpaired) electrons. The first kappa shape index (κ1) is 14.0. The fourth-order valence-corrected chi connectivity index (χ4v) is 2.35. The van der Waals surface area contributed by atoms with E-state index in [2.05, 4.69) is 19.6 Å². The highest BCUT2D eigenvalue weighted by molar-refractivity contribution is 6.76. The lowest BCUT2D eigenvalue weighted by molar-refractivity contribution is 0.228. The summed E-state index contributed by atoms with van der Waals surface area (Å²) >= 11 is 12.0. The van der Waals surface area contributed by atoms with Crippen LogP contribution in [0.4, 0.5) is 0 Å². The van der Waals surface area contributed by atoms with Crippen LogP contribution in [0.25, 0.3) is 0 Å². The van der Waals surface area contributed by atoms with E-state index in [9.17, 15) is 0 Å². The van der Waals surface area contributed by atoms with E-state index in [0.29, 0.717) is 10.0 Å². The fourth-order valence-electron chi connectivity index (χ4n) is 1.13. The topological polar surface area (TPSA) is 9.23 Å². The van der Waals surface area contributed by atoms with Crippen molar-refractivity contribution in [3.05, 3.63) is 40.4 Å². The normalized spacial score (nSPS) is 11.8. The molecule has 0 aliphatic heterocycles. The van der Waals surface area contributed by atoms with Gasteiger partial charge in [-0.25, -0.2) is 0 Å². The molecule has 1 nitrogen and oxygen atoms in total. The molecule has 0 bridgehead atoms. The van der Waals surface area contributed by atoms with Crippen LogP contribution >= 0.6 is 23.2 Å². The largest absolute Gasteiger partial charge is 0.371 e. The van der Waals surface area contributed by atoms with Gasteiger partial charge in [0.15, 0.2) is 0 Å². The van der Waals surface area contributed by atoms with Gasteiger partial charge in [0.05, 0.1) is 0 Å². The minimum absolute atomic E-state index is 0.625. The minimum Gasteiger partial charge on any atom is -0.371 e. The molecular formula is C12H17Cl2OSi. The van der Waals surface area contributed by atoms with Crippen molar-refractivity contribution in [2.45, 2.75) is 25.7 Å². The van der Waals surface area contributed by atoms with Gasteiger partial charge >= 0.3 is 0 Å². The highest BCUT2D eigenvalue weighted by atomic mass is 35.5. The van der Waals surface area contributed by atoms with Crippen LogP contribution in [-0.2, 0) is 4.74 Å². The number of benzene rings is 1. The Labute approximate surface area is 109 Å². The van der Waals surface area contributed by atoms with Gasteiger partial charge < -0.3 is 4.74 Å². The minimum atomic E-state index is -1.03. The van der Waals surface area contributed by atoms with E-state index >= 15 is 0 Å². The zero-order valence-corrected chi connectivity index (χ0v) is 12.4. The quantitative estimate of drug-likeness (QED) is 0.551. The van der Waals surface area contributed by atoms with Gasteiger partial charge in [-0.2, -0.15) is 0 Å². The zero-order chi connectivity index (χ0) is 12.2. The molecule has 0 atom stereocenters. The molecule has 0 saturated carbocycles. The summed E-state index contributed by atoms with van der Waals surface area (Å²) in [5, 5.41) is 1.25. The van der Waals surface area contributed by atoms with E-state index in [1.807, 2.05) is 6.07 Å². The number of hydrogen-bond donors (Lipinski definition) is 0. The molecule has 0 aliphatic rings. The highest BCUT2D eigenvalue weighted by Gasteiger charge is 2.13.